The molecule has 0 spiro atoms. The van der Waals surface area contributed by atoms with Gasteiger partial charge >= 0.3 is 0 Å². The summed E-state index contributed by atoms with van der Waals surface area (Å²) in [5.74, 6) is 1.58. The molecule has 0 aromatic heterocycles. The second kappa shape index (κ2) is 10.4. The lowest BCUT2D eigenvalue weighted by molar-refractivity contribution is 0.0906. The highest BCUT2D eigenvalue weighted by atomic mass is 127. The number of hydrogen-bond donors (Lipinski definition) is 1. The Morgan fingerprint density at radius 1 is 1.17 bits per heavy atom. The number of aliphatic imine (C=N–C) groups is 1. The molecule has 29 heavy (non-hydrogen) atoms. The smallest absolute Gasteiger partial charge is 0.193 e. The van der Waals surface area contributed by atoms with Crippen molar-refractivity contribution in [3.05, 3.63) is 71.5 Å². The molecular weight excluding hydrogens is 480 g/mol. The number of guanidine groups is 1. The lowest BCUT2D eigenvalue weighted by Gasteiger charge is -2.22. The molecule has 2 fully saturated rings. The van der Waals surface area contributed by atoms with Gasteiger partial charge < -0.3 is 15.0 Å². The number of likely N-dealkylation sites (tertiary alicyclic amines) is 1. The third kappa shape index (κ3) is 5.69. The average Bonchev–Trinajstić information content (AvgIpc) is 3.33. The topological polar surface area (TPSA) is 36.9 Å². The van der Waals surface area contributed by atoms with E-state index in [0.717, 1.165) is 44.1 Å². The van der Waals surface area contributed by atoms with Crippen molar-refractivity contribution in [3.8, 4) is 0 Å². The molecule has 1 N–H and O–H groups in total. The van der Waals surface area contributed by atoms with Crippen LogP contribution >= 0.6 is 24.0 Å². The van der Waals surface area contributed by atoms with Gasteiger partial charge in [-0.2, -0.15) is 0 Å². The minimum atomic E-state index is -0.108. The molecule has 4 nitrogen and oxygen atoms in total. The summed E-state index contributed by atoms with van der Waals surface area (Å²) in [5, 5.41) is 3.53. The summed E-state index contributed by atoms with van der Waals surface area (Å²) in [6.07, 6.45) is 2.06. The second-order valence-electron chi connectivity index (χ2n) is 7.76. The standard InChI is InChI=1S/C23H28FN3O.HI/c1-25-23(26-22-13-20(22)19-9-5-6-10-21(19)24)27-12-11-18(14-27)16-28-15-17-7-3-2-4-8-17;/h2-10,18,20,22H,11-16H2,1H3,(H,25,26);1H. The minimum absolute atomic E-state index is 0. The Labute approximate surface area is 189 Å². The van der Waals surface area contributed by atoms with E-state index in [4.69, 9.17) is 4.74 Å². The van der Waals surface area contributed by atoms with Crippen LogP contribution in [0.15, 0.2) is 59.6 Å². The van der Waals surface area contributed by atoms with Gasteiger partial charge in [0.25, 0.3) is 0 Å². The minimum Gasteiger partial charge on any atom is -0.376 e. The van der Waals surface area contributed by atoms with Gasteiger partial charge in [-0.15, -0.1) is 24.0 Å². The predicted octanol–water partition coefficient (Wildman–Crippen LogP) is 4.41. The molecule has 3 unspecified atom stereocenters. The number of benzene rings is 2. The summed E-state index contributed by atoms with van der Waals surface area (Å²) in [6, 6.07) is 17.6. The molecular formula is C23H29FIN3O. The molecule has 0 bridgehead atoms. The zero-order valence-corrected chi connectivity index (χ0v) is 19.1. The zero-order chi connectivity index (χ0) is 19.3. The Balaban J connectivity index is 0.00000240. The molecule has 1 heterocycles. The van der Waals surface area contributed by atoms with Crippen LogP contribution in [-0.4, -0.2) is 43.6 Å². The van der Waals surface area contributed by atoms with E-state index in [1.54, 1.807) is 12.1 Å². The van der Waals surface area contributed by atoms with Crippen molar-refractivity contribution in [3.63, 3.8) is 0 Å². The summed E-state index contributed by atoms with van der Waals surface area (Å²) in [4.78, 5) is 6.76. The van der Waals surface area contributed by atoms with Gasteiger partial charge in [0.2, 0.25) is 0 Å². The Kier molecular flexibility index (Phi) is 7.89. The van der Waals surface area contributed by atoms with E-state index in [-0.39, 0.29) is 41.8 Å². The van der Waals surface area contributed by atoms with Gasteiger partial charge in [-0.3, -0.25) is 4.99 Å². The fourth-order valence-corrected chi connectivity index (χ4v) is 4.02. The molecule has 4 rings (SSSR count). The molecule has 1 aliphatic heterocycles. The summed E-state index contributed by atoms with van der Waals surface area (Å²) in [5.41, 5.74) is 2.02. The number of rotatable bonds is 6. The van der Waals surface area contributed by atoms with Gasteiger partial charge in [-0.05, 0) is 30.0 Å². The predicted molar refractivity (Wildman–Crippen MR) is 125 cm³/mol. The van der Waals surface area contributed by atoms with Crippen LogP contribution < -0.4 is 5.32 Å². The van der Waals surface area contributed by atoms with Crippen LogP contribution in [0.1, 0.15) is 29.9 Å². The number of hydrogen-bond acceptors (Lipinski definition) is 2. The normalized spacial score (nSPS) is 23.6. The van der Waals surface area contributed by atoms with E-state index in [1.165, 1.54) is 5.56 Å². The summed E-state index contributed by atoms with van der Waals surface area (Å²) < 4.78 is 19.9. The molecule has 2 aliphatic rings. The van der Waals surface area contributed by atoms with Gasteiger partial charge in [0.15, 0.2) is 5.96 Å². The van der Waals surface area contributed by atoms with Crippen LogP contribution in [0.3, 0.4) is 0 Å². The Morgan fingerprint density at radius 3 is 2.69 bits per heavy atom. The number of nitrogens with zero attached hydrogens (tertiary/aromatic N) is 2. The van der Waals surface area contributed by atoms with Crippen LogP contribution in [0.2, 0.25) is 0 Å². The van der Waals surface area contributed by atoms with Gasteiger partial charge in [-0.1, -0.05) is 48.5 Å². The third-order valence-electron chi connectivity index (χ3n) is 5.67. The average molecular weight is 509 g/mol. The highest BCUT2D eigenvalue weighted by molar-refractivity contribution is 14.0. The highest BCUT2D eigenvalue weighted by Gasteiger charge is 2.41. The first-order valence-corrected chi connectivity index (χ1v) is 10.1. The first kappa shape index (κ1) is 22.0. The highest BCUT2D eigenvalue weighted by Crippen LogP contribution is 2.42. The second-order valence-corrected chi connectivity index (χ2v) is 7.76. The fourth-order valence-electron chi connectivity index (χ4n) is 4.02. The van der Waals surface area contributed by atoms with Crippen LogP contribution in [0.4, 0.5) is 4.39 Å². The lowest BCUT2D eigenvalue weighted by atomic mass is 10.1. The third-order valence-corrected chi connectivity index (χ3v) is 5.67. The SMILES string of the molecule is CN=C(NC1CC1c1ccccc1F)N1CCC(COCc2ccccc2)C1.I. The maximum Gasteiger partial charge on any atom is 0.193 e. The molecule has 3 atom stereocenters. The largest absolute Gasteiger partial charge is 0.376 e. The Morgan fingerprint density at radius 2 is 1.93 bits per heavy atom. The molecule has 1 saturated carbocycles. The molecule has 1 aliphatic carbocycles. The monoisotopic (exact) mass is 509 g/mol. The molecule has 2 aromatic rings. The van der Waals surface area contributed by atoms with Crippen LogP contribution in [0.5, 0.6) is 0 Å². The molecule has 1 saturated heterocycles. The van der Waals surface area contributed by atoms with Gasteiger partial charge in [-0.25, -0.2) is 4.39 Å². The molecule has 6 heteroatoms. The van der Waals surface area contributed by atoms with E-state index < -0.39 is 0 Å². The maximum absolute atomic E-state index is 14.0. The summed E-state index contributed by atoms with van der Waals surface area (Å²) in [6.45, 7) is 3.36. The van der Waals surface area contributed by atoms with Crippen molar-refractivity contribution < 1.29 is 9.13 Å². The van der Waals surface area contributed by atoms with E-state index in [1.807, 2.05) is 37.4 Å². The van der Waals surface area contributed by atoms with Crippen LogP contribution in [0, 0.1) is 11.7 Å². The van der Waals surface area contributed by atoms with E-state index in [9.17, 15) is 4.39 Å². The van der Waals surface area contributed by atoms with Gasteiger partial charge in [0.05, 0.1) is 13.2 Å². The van der Waals surface area contributed by atoms with Crippen molar-refractivity contribution in [2.24, 2.45) is 10.9 Å². The van der Waals surface area contributed by atoms with Crippen LogP contribution in [-0.2, 0) is 11.3 Å². The van der Waals surface area contributed by atoms with Crippen LogP contribution in [0.25, 0.3) is 0 Å². The van der Waals surface area contributed by atoms with E-state index in [2.05, 4.69) is 27.3 Å². The number of ether oxygens (including phenoxy) is 1. The maximum atomic E-state index is 14.0. The molecule has 0 amide bonds. The van der Waals surface area contributed by atoms with Gasteiger partial charge in [0, 0.05) is 38.0 Å². The van der Waals surface area contributed by atoms with Crippen molar-refractivity contribution in [2.45, 2.75) is 31.4 Å². The molecule has 0 radical (unpaired) electrons. The Bertz CT molecular complexity index is 817. The zero-order valence-electron chi connectivity index (χ0n) is 16.8. The van der Waals surface area contributed by atoms with Crippen molar-refractivity contribution in [1.29, 1.82) is 0 Å². The van der Waals surface area contributed by atoms with Gasteiger partial charge in [0.1, 0.15) is 5.82 Å². The fraction of sp³-hybridized carbons (Fsp3) is 0.435. The van der Waals surface area contributed by atoms with Crippen molar-refractivity contribution >= 4 is 29.9 Å². The Hall–Kier alpha value is -1.67. The van der Waals surface area contributed by atoms with E-state index >= 15 is 0 Å². The van der Waals surface area contributed by atoms with Crippen molar-refractivity contribution in [1.82, 2.24) is 10.2 Å². The number of halogens is 2. The first-order valence-electron chi connectivity index (χ1n) is 10.1. The molecule has 2 aromatic carbocycles. The lowest BCUT2D eigenvalue weighted by Crippen LogP contribution is -2.41. The van der Waals surface area contributed by atoms with Crippen molar-refractivity contribution in [2.75, 3.05) is 26.7 Å². The number of nitrogens with one attached hydrogen (secondary N) is 1. The first-order chi connectivity index (χ1) is 13.7. The summed E-state index contributed by atoms with van der Waals surface area (Å²) in [7, 11) is 1.82. The summed E-state index contributed by atoms with van der Waals surface area (Å²) >= 11 is 0. The molecule has 156 valence electrons. The quantitative estimate of drug-likeness (QED) is 0.356. The van der Waals surface area contributed by atoms with E-state index in [0.29, 0.717) is 12.5 Å².